The van der Waals surface area contributed by atoms with Crippen LogP contribution in [-0.2, 0) is 14.3 Å². The van der Waals surface area contributed by atoms with Gasteiger partial charge in [0.1, 0.15) is 0 Å². The van der Waals surface area contributed by atoms with E-state index < -0.39 is 0 Å². The number of cyclic esters (lactones) is 2. The first-order valence-corrected chi connectivity index (χ1v) is 5.93. The highest BCUT2D eigenvalue weighted by molar-refractivity contribution is 6.80. The van der Waals surface area contributed by atoms with Gasteiger partial charge >= 0.3 is 27.3 Å². The molecule has 0 bridgehead atoms. The van der Waals surface area contributed by atoms with Gasteiger partial charge in [0.2, 0.25) is 0 Å². The number of ether oxygens (including phenoxy) is 1. The van der Waals surface area contributed by atoms with Gasteiger partial charge in [0, 0.05) is 12.8 Å². The van der Waals surface area contributed by atoms with E-state index in [9.17, 15) is 9.59 Å². The molecule has 1 aliphatic rings. The van der Waals surface area contributed by atoms with Crippen molar-refractivity contribution >= 4 is 37.4 Å². The van der Waals surface area contributed by atoms with E-state index in [1.165, 1.54) is 0 Å². The van der Waals surface area contributed by atoms with Gasteiger partial charge in [0.15, 0.2) is 0 Å². The minimum Gasteiger partial charge on any atom is -0.393 e. The molecule has 0 amide bonds. The summed E-state index contributed by atoms with van der Waals surface area (Å²) in [5.74, 6) is -0.775. The Balaban J connectivity index is 0.000000371. The minimum absolute atomic E-state index is 0.388. The van der Waals surface area contributed by atoms with Crippen LogP contribution in [0.25, 0.3) is 0 Å². The van der Waals surface area contributed by atoms with Crippen molar-refractivity contribution in [3.8, 4) is 0 Å². The molecule has 0 aromatic heterocycles. The summed E-state index contributed by atoms with van der Waals surface area (Å²) < 4.78 is 4.21. The Labute approximate surface area is 71.3 Å². The smallest absolute Gasteiger partial charge is 0.353 e. The van der Waals surface area contributed by atoms with Crippen LogP contribution >= 0.6 is 10.0 Å². The van der Waals surface area contributed by atoms with Gasteiger partial charge in [-0.2, -0.15) is 0 Å². The standard InChI is InChI=1S/C5H6O3.Al.ClH.2H/c6-4-2-1-3-5(7)8-4;;;;/h1-3H2;;1H;;/q;+1;;;/p-1. The zero-order valence-electron chi connectivity index (χ0n) is 5.72. The molecular formula is C5H8AlClO3. The first-order valence-electron chi connectivity index (χ1n) is 2.90. The lowest BCUT2D eigenvalue weighted by molar-refractivity contribution is -0.163. The molecule has 3 nitrogen and oxygen atoms in total. The van der Waals surface area contributed by atoms with Crippen LogP contribution in [-0.4, -0.2) is 27.3 Å². The van der Waals surface area contributed by atoms with E-state index in [0.29, 0.717) is 19.3 Å². The van der Waals surface area contributed by atoms with Gasteiger partial charge in [-0.15, -0.1) is 0 Å². The molecule has 0 atom stereocenters. The highest BCUT2D eigenvalue weighted by Gasteiger charge is 2.15. The van der Waals surface area contributed by atoms with Crippen LogP contribution in [0.1, 0.15) is 19.3 Å². The fourth-order valence-electron chi connectivity index (χ4n) is 0.606. The zero-order valence-corrected chi connectivity index (χ0v) is 8.48. The number of hydrogen-bond acceptors (Lipinski definition) is 3. The molecular weight excluding hydrogens is 170 g/mol. The summed E-state index contributed by atoms with van der Waals surface area (Å²) in [4.78, 5) is 20.5. The fraction of sp³-hybridized carbons (Fsp3) is 0.600. The number of halogens is 1. The summed E-state index contributed by atoms with van der Waals surface area (Å²) in [5.41, 5.74) is 0. The van der Waals surface area contributed by atoms with Gasteiger partial charge in [-0.3, -0.25) is 19.6 Å². The second kappa shape index (κ2) is 5.73. The molecule has 0 aromatic rings. The van der Waals surface area contributed by atoms with E-state index in [4.69, 9.17) is 10.0 Å². The second-order valence-corrected chi connectivity index (χ2v) is 1.70. The van der Waals surface area contributed by atoms with Crippen LogP contribution < -0.4 is 0 Å². The lowest BCUT2D eigenvalue weighted by Crippen LogP contribution is -2.17. The zero-order chi connectivity index (χ0) is 7.98. The maximum Gasteiger partial charge on any atom is 0.353 e. The fourth-order valence-corrected chi connectivity index (χ4v) is 0.606. The molecule has 0 spiro atoms. The monoisotopic (exact) mass is 178 g/mol. The van der Waals surface area contributed by atoms with Gasteiger partial charge in [0.25, 0.3) is 0 Å². The van der Waals surface area contributed by atoms with E-state index in [-0.39, 0.29) is 11.9 Å². The molecule has 1 saturated heterocycles. The van der Waals surface area contributed by atoms with Crippen molar-refractivity contribution in [2.75, 3.05) is 0 Å². The lowest BCUT2D eigenvalue weighted by atomic mass is 10.2. The summed E-state index contributed by atoms with van der Waals surface area (Å²) in [6, 6.07) is 0. The Morgan fingerprint density at radius 2 is 1.60 bits per heavy atom. The van der Waals surface area contributed by atoms with Crippen molar-refractivity contribution in [2.45, 2.75) is 19.3 Å². The predicted molar refractivity (Wildman–Crippen MR) is 39.3 cm³/mol. The molecule has 10 heavy (non-hydrogen) atoms. The van der Waals surface area contributed by atoms with Gasteiger partial charge in [-0.25, -0.2) is 0 Å². The van der Waals surface area contributed by atoms with Crippen molar-refractivity contribution < 1.29 is 14.3 Å². The number of rotatable bonds is 0. The van der Waals surface area contributed by atoms with Gasteiger partial charge < -0.3 is 4.74 Å². The molecule has 0 radical (unpaired) electrons. The molecule has 0 saturated carbocycles. The Kier molecular flexibility index (Phi) is 5.70. The average Bonchev–Trinajstić information content (AvgIpc) is 1.91. The van der Waals surface area contributed by atoms with Crippen molar-refractivity contribution in [1.29, 1.82) is 0 Å². The van der Waals surface area contributed by atoms with Crippen molar-refractivity contribution in [1.82, 2.24) is 0 Å². The third-order valence-electron chi connectivity index (χ3n) is 0.989. The van der Waals surface area contributed by atoms with Crippen LogP contribution in [0.2, 0.25) is 0 Å². The summed E-state index contributed by atoms with van der Waals surface area (Å²) in [5, 5.41) is 0. The van der Waals surface area contributed by atoms with E-state index in [0.717, 1.165) is 15.4 Å². The largest absolute Gasteiger partial charge is 0.393 e. The van der Waals surface area contributed by atoms with Gasteiger partial charge in [-0.05, 0) is 6.42 Å². The van der Waals surface area contributed by atoms with E-state index in [1.807, 2.05) is 0 Å². The molecule has 1 fully saturated rings. The molecule has 5 heteroatoms. The van der Waals surface area contributed by atoms with Gasteiger partial charge in [-0.1, -0.05) is 0 Å². The van der Waals surface area contributed by atoms with Crippen molar-refractivity contribution in [2.24, 2.45) is 0 Å². The average molecular weight is 179 g/mol. The molecule has 56 valence electrons. The van der Waals surface area contributed by atoms with Crippen molar-refractivity contribution in [3.05, 3.63) is 0 Å². The molecule has 0 aliphatic carbocycles. The highest BCUT2D eigenvalue weighted by atomic mass is 35.6. The molecule has 1 heterocycles. The number of esters is 2. The van der Waals surface area contributed by atoms with Crippen LogP contribution in [0.4, 0.5) is 0 Å². The Bertz CT molecular complexity index is 123. The third-order valence-corrected chi connectivity index (χ3v) is 0.989. The van der Waals surface area contributed by atoms with Crippen LogP contribution in [0, 0.1) is 0 Å². The topological polar surface area (TPSA) is 43.4 Å². The van der Waals surface area contributed by atoms with Crippen molar-refractivity contribution in [3.63, 3.8) is 0 Å². The lowest BCUT2D eigenvalue weighted by Gasteiger charge is -2.06. The van der Waals surface area contributed by atoms with Crippen LogP contribution in [0.15, 0.2) is 0 Å². The highest BCUT2D eigenvalue weighted by Crippen LogP contribution is 2.06. The Morgan fingerprint density at radius 3 is 1.80 bits per heavy atom. The Hall–Kier alpha value is -0.0375. The first kappa shape index (κ1) is 9.96. The molecule has 1 rings (SSSR count). The molecule has 0 N–H and O–H groups in total. The summed E-state index contributed by atoms with van der Waals surface area (Å²) in [7, 11) is 4.78. The molecule has 0 aromatic carbocycles. The number of carbonyl (C=O) groups excluding carboxylic acids is 2. The summed E-state index contributed by atoms with van der Waals surface area (Å²) in [6.45, 7) is 0. The van der Waals surface area contributed by atoms with E-state index >= 15 is 0 Å². The van der Waals surface area contributed by atoms with Crippen LogP contribution in [0.3, 0.4) is 0 Å². The molecule has 0 unspecified atom stereocenters. The molecule has 1 aliphatic heterocycles. The van der Waals surface area contributed by atoms with Gasteiger partial charge in [0.05, 0.1) is 0 Å². The second-order valence-electron chi connectivity index (χ2n) is 1.70. The number of carbonyl (C=O) groups is 2. The quantitative estimate of drug-likeness (QED) is 0.298. The number of hydrogen-bond donors (Lipinski definition) is 0. The summed E-state index contributed by atoms with van der Waals surface area (Å²) >= 11 is 0.778. The normalized spacial score (nSPS) is 16.9. The van der Waals surface area contributed by atoms with E-state index in [1.54, 1.807) is 0 Å². The van der Waals surface area contributed by atoms with Crippen LogP contribution in [0.5, 0.6) is 0 Å². The maximum absolute atomic E-state index is 10.2. The third kappa shape index (κ3) is 3.89. The first-order chi connectivity index (χ1) is 4.79. The van der Waals surface area contributed by atoms with E-state index in [2.05, 4.69) is 4.74 Å². The predicted octanol–water partition coefficient (Wildman–Crippen LogP) is 0.0134. The minimum atomic E-state index is -0.388. The maximum atomic E-state index is 10.2. The SMILES string of the molecule is O=C1CCCC(=O)O1.[AlH2][Cl]. The Morgan fingerprint density at radius 1 is 1.20 bits per heavy atom. The summed E-state index contributed by atoms with van der Waals surface area (Å²) in [6.07, 6.45) is 1.44.